The molecule has 0 bridgehead atoms. The van der Waals surface area contributed by atoms with Crippen molar-refractivity contribution in [2.45, 2.75) is 38.1 Å². The summed E-state index contributed by atoms with van der Waals surface area (Å²) in [6.07, 6.45) is -0.160. The summed E-state index contributed by atoms with van der Waals surface area (Å²) in [6, 6.07) is 8.14. The minimum absolute atomic E-state index is 0.0361. The molecular weight excluding hydrogens is 496 g/mol. The van der Waals surface area contributed by atoms with E-state index in [4.69, 9.17) is 14.4 Å². The molecule has 2 aromatic carbocycles. The van der Waals surface area contributed by atoms with E-state index in [0.29, 0.717) is 16.5 Å². The van der Waals surface area contributed by atoms with Crippen molar-refractivity contribution in [1.82, 2.24) is 15.5 Å². The highest BCUT2D eigenvalue weighted by Gasteiger charge is 2.41. The number of hydrogen-bond donors (Lipinski definition) is 5. The fourth-order valence-corrected chi connectivity index (χ4v) is 4.96. The fraction of sp³-hybridized carbons (Fsp3) is 0.333. The van der Waals surface area contributed by atoms with Crippen molar-refractivity contribution in [2.75, 3.05) is 13.1 Å². The van der Waals surface area contributed by atoms with Crippen LogP contribution in [0.3, 0.4) is 0 Å². The Labute approximate surface area is 218 Å². The van der Waals surface area contributed by atoms with Gasteiger partial charge in [0.15, 0.2) is 0 Å². The van der Waals surface area contributed by atoms with Crippen molar-refractivity contribution in [1.29, 1.82) is 0 Å². The average Bonchev–Trinajstić information content (AvgIpc) is 3.60. The summed E-state index contributed by atoms with van der Waals surface area (Å²) in [4.78, 5) is 51.7. The fourth-order valence-electron chi connectivity index (χ4n) is 4.96. The summed E-state index contributed by atoms with van der Waals surface area (Å²) in [5.74, 6) is -2.51. The zero-order chi connectivity index (χ0) is 27.0. The molecule has 0 spiro atoms. The van der Waals surface area contributed by atoms with Gasteiger partial charge in [-0.2, -0.15) is 0 Å². The number of likely N-dealkylation sites (tertiary alicyclic amines) is 1. The average molecular weight is 521 g/mol. The molecule has 0 saturated carbocycles. The van der Waals surface area contributed by atoms with Crippen LogP contribution in [0.5, 0.6) is 0 Å². The summed E-state index contributed by atoms with van der Waals surface area (Å²) in [6.45, 7) is 0.409. The highest BCUT2D eigenvalue weighted by atomic mass is 16.5. The van der Waals surface area contributed by atoms with Gasteiger partial charge in [-0.3, -0.25) is 19.2 Å². The third-order valence-electron chi connectivity index (χ3n) is 6.96. The van der Waals surface area contributed by atoms with Gasteiger partial charge in [-0.05, 0) is 52.7 Å². The van der Waals surface area contributed by atoms with Crippen LogP contribution in [-0.2, 0) is 32.1 Å². The van der Waals surface area contributed by atoms with Gasteiger partial charge in [0.25, 0.3) is 11.8 Å². The third kappa shape index (κ3) is 5.16. The molecule has 2 atom stereocenters. The van der Waals surface area contributed by atoms with Crippen LogP contribution in [0.25, 0.3) is 0 Å². The molecule has 3 aliphatic rings. The summed E-state index contributed by atoms with van der Waals surface area (Å²) in [5, 5.41) is 34.3. The van der Waals surface area contributed by atoms with Crippen LogP contribution in [0, 0.1) is 0 Å². The van der Waals surface area contributed by atoms with Crippen LogP contribution < -0.4 is 21.6 Å². The Morgan fingerprint density at radius 1 is 0.947 bits per heavy atom. The maximum atomic E-state index is 13.5. The minimum atomic E-state index is -1.14. The van der Waals surface area contributed by atoms with E-state index in [1.807, 2.05) is 0 Å². The van der Waals surface area contributed by atoms with Crippen LogP contribution in [0.4, 0.5) is 0 Å². The number of carbonyl (C=O) groups excluding carboxylic acids is 3. The molecule has 5 rings (SSSR count). The highest BCUT2D eigenvalue weighted by Crippen LogP contribution is 2.23. The second-order valence-electron chi connectivity index (χ2n) is 9.47. The number of rotatable bonds is 7. The van der Waals surface area contributed by atoms with Gasteiger partial charge in [0.05, 0.1) is 19.6 Å². The van der Waals surface area contributed by atoms with Crippen molar-refractivity contribution in [3.8, 4) is 0 Å². The summed E-state index contributed by atoms with van der Waals surface area (Å²) >= 11 is 0. The van der Waals surface area contributed by atoms with E-state index in [9.17, 15) is 29.2 Å². The second kappa shape index (κ2) is 10.6. The predicted octanol–water partition coefficient (Wildman–Crippen LogP) is -2.27. The number of aliphatic carboxylic acids is 1. The summed E-state index contributed by atoms with van der Waals surface area (Å²) < 4.78 is 10.4. The molecule has 38 heavy (non-hydrogen) atoms. The largest absolute Gasteiger partial charge is 0.491 e. The molecule has 1 saturated heterocycles. The highest BCUT2D eigenvalue weighted by molar-refractivity contribution is 6.62. The van der Waals surface area contributed by atoms with E-state index in [2.05, 4.69) is 10.6 Å². The zero-order valence-corrected chi connectivity index (χ0v) is 20.3. The smallest absolute Gasteiger partial charge is 0.481 e. The Hall–Kier alpha value is -3.71. The number of hydrogen-bond acceptors (Lipinski definition) is 8. The van der Waals surface area contributed by atoms with E-state index < -0.39 is 50.0 Å². The van der Waals surface area contributed by atoms with Gasteiger partial charge < -0.3 is 40.0 Å². The first kappa shape index (κ1) is 25.9. The molecular formula is C24H25B2N3O9. The quantitative estimate of drug-likeness (QED) is 0.252. The van der Waals surface area contributed by atoms with Gasteiger partial charge in [0.1, 0.15) is 6.04 Å². The van der Waals surface area contributed by atoms with Crippen molar-refractivity contribution >= 4 is 48.9 Å². The molecule has 3 aliphatic heterocycles. The van der Waals surface area contributed by atoms with E-state index in [1.54, 1.807) is 30.3 Å². The lowest BCUT2D eigenvalue weighted by Gasteiger charge is -2.24. The Morgan fingerprint density at radius 2 is 1.55 bits per heavy atom. The zero-order valence-electron chi connectivity index (χ0n) is 20.3. The number of nitrogens with zero attached hydrogens (tertiary/aromatic N) is 1. The first-order valence-electron chi connectivity index (χ1n) is 12.2. The first-order chi connectivity index (χ1) is 18.2. The van der Waals surface area contributed by atoms with Crippen LogP contribution in [0.1, 0.15) is 44.7 Å². The van der Waals surface area contributed by atoms with Gasteiger partial charge in [0.2, 0.25) is 5.91 Å². The van der Waals surface area contributed by atoms with E-state index in [0.717, 1.165) is 11.1 Å². The van der Waals surface area contributed by atoms with Crippen molar-refractivity contribution in [2.24, 2.45) is 0 Å². The number of carboxylic acid groups (broad SMARTS) is 1. The molecule has 1 unspecified atom stereocenters. The van der Waals surface area contributed by atoms with Gasteiger partial charge in [0, 0.05) is 30.3 Å². The standard InChI is InChI=1S/C24H25B2N3O9/c30-21(31)5-6-27-23(33)20-9-17(28-22(32)13-1-3-15-11-37-25(35)18(15)7-13)10-29(20)24(34)14-2-4-16-12-38-26(36)19(16)8-14/h1-4,7-8,17,20,35-36H,5-6,9-12H2,(H,27,33)(H,28,32)(H,30,31)/t17?,20-/m0/s1. The van der Waals surface area contributed by atoms with Crippen molar-refractivity contribution < 1.29 is 43.6 Å². The predicted molar refractivity (Wildman–Crippen MR) is 134 cm³/mol. The molecule has 0 aliphatic carbocycles. The number of carboxylic acids is 1. The molecule has 3 amide bonds. The molecule has 0 radical (unpaired) electrons. The molecule has 14 heteroatoms. The number of benzene rings is 2. The molecule has 5 N–H and O–H groups in total. The first-order valence-corrected chi connectivity index (χ1v) is 12.2. The molecule has 3 heterocycles. The molecule has 1 fully saturated rings. The molecule has 2 aromatic rings. The Kier molecular flexibility index (Phi) is 7.21. The van der Waals surface area contributed by atoms with E-state index in [-0.39, 0.29) is 44.7 Å². The minimum Gasteiger partial charge on any atom is -0.481 e. The van der Waals surface area contributed by atoms with Crippen molar-refractivity contribution in [3.05, 3.63) is 58.7 Å². The maximum absolute atomic E-state index is 13.5. The normalized spacial score (nSPS) is 19.8. The van der Waals surface area contributed by atoms with Crippen LogP contribution in [0.15, 0.2) is 36.4 Å². The topological polar surface area (TPSA) is 175 Å². The lowest BCUT2D eigenvalue weighted by Crippen LogP contribution is -2.46. The number of amides is 3. The second-order valence-corrected chi connectivity index (χ2v) is 9.47. The lowest BCUT2D eigenvalue weighted by molar-refractivity contribution is -0.137. The SMILES string of the molecule is O=C(O)CCNC(=O)[C@@H]1CC(NC(=O)c2ccc3c(c2)B(O)OC3)CN1C(=O)c1ccc2c(c1)B(O)OC2. The number of fused-ring (bicyclic) bond motifs is 2. The van der Waals surface area contributed by atoms with Gasteiger partial charge in [-0.1, -0.05) is 12.1 Å². The molecule has 196 valence electrons. The Bertz CT molecular complexity index is 1310. The lowest BCUT2D eigenvalue weighted by atomic mass is 9.78. The molecule has 0 aromatic heterocycles. The Balaban J connectivity index is 1.33. The van der Waals surface area contributed by atoms with Gasteiger partial charge in [-0.25, -0.2) is 0 Å². The third-order valence-corrected chi connectivity index (χ3v) is 6.96. The number of carbonyl (C=O) groups is 4. The van der Waals surface area contributed by atoms with Crippen LogP contribution in [0.2, 0.25) is 0 Å². The Morgan fingerprint density at radius 3 is 2.18 bits per heavy atom. The maximum Gasteiger partial charge on any atom is 0.491 e. The van der Waals surface area contributed by atoms with Crippen LogP contribution >= 0.6 is 0 Å². The summed E-state index contributed by atoms with van der Waals surface area (Å²) in [7, 11) is -2.25. The van der Waals surface area contributed by atoms with Gasteiger partial charge >= 0.3 is 20.2 Å². The van der Waals surface area contributed by atoms with Crippen molar-refractivity contribution in [3.63, 3.8) is 0 Å². The molecule has 12 nitrogen and oxygen atoms in total. The monoisotopic (exact) mass is 521 g/mol. The van der Waals surface area contributed by atoms with E-state index in [1.165, 1.54) is 11.0 Å². The summed E-state index contributed by atoms with van der Waals surface area (Å²) in [5.41, 5.74) is 3.08. The van der Waals surface area contributed by atoms with Crippen LogP contribution in [-0.4, -0.2) is 83.2 Å². The number of nitrogens with one attached hydrogen (secondary N) is 2. The van der Waals surface area contributed by atoms with Gasteiger partial charge in [-0.15, -0.1) is 0 Å². The van der Waals surface area contributed by atoms with E-state index >= 15 is 0 Å².